The monoisotopic (exact) mass is 416 g/mol. The second kappa shape index (κ2) is 13.8. The molecule has 0 saturated heterocycles. The van der Waals surface area contributed by atoms with Gasteiger partial charge in [-0.05, 0) is 18.6 Å². The highest BCUT2D eigenvalue weighted by atomic mass is 16.5. The molecule has 0 aliphatic carbocycles. The van der Waals surface area contributed by atoms with Crippen molar-refractivity contribution in [2.45, 2.75) is 77.7 Å². The molecule has 6 nitrogen and oxygen atoms in total. The van der Waals surface area contributed by atoms with E-state index in [9.17, 15) is 14.7 Å². The van der Waals surface area contributed by atoms with E-state index in [1.165, 1.54) is 55.9 Å². The Morgan fingerprint density at radius 3 is 2.07 bits per heavy atom. The van der Waals surface area contributed by atoms with Crippen molar-refractivity contribution < 1.29 is 9.84 Å². The maximum Gasteiger partial charge on any atom is 0.338 e. The van der Waals surface area contributed by atoms with Crippen LogP contribution in [0.15, 0.2) is 46.0 Å². The lowest BCUT2D eigenvalue weighted by atomic mass is 10.1. The summed E-state index contributed by atoms with van der Waals surface area (Å²) in [4.78, 5) is 24.8. The second-order valence-electron chi connectivity index (χ2n) is 7.74. The number of ether oxygens (including phenoxy) is 1. The van der Waals surface area contributed by atoms with Crippen LogP contribution in [0.1, 0.15) is 71.1 Å². The third kappa shape index (κ3) is 7.82. The highest BCUT2D eigenvalue weighted by Gasteiger charge is 2.12. The first-order valence-corrected chi connectivity index (χ1v) is 11.3. The average molecular weight is 417 g/mol. The van der Waals surface area contributed by atoms with Gasteiger partial charge in [0.15, 0.2) is 0 Å². The van der Waals surface area contributed by atoms with E-state index in [2.05, 4.69) is 6.92 Å². The lowest BCUT2D eigenvalue weighted by Crippen LogP contribution is -2.38. The van der Waals surface area contributed by atoms with Crippen molar-refractivity contribution in [2.24, 2.45) is 0 Å². The Kier molecular flexibility index (Phi) is 11.0. The highest BCUT2D eigenvalue weighted by molar-refractivity contribution is 5.31. The molecule has 0 amide bonds. The van der Waals surface area contributed by atoms with E-state index in [1.54, 1.807) is 24.3 Å². The van der Waals surface area contributed by atoms with E-state index >= 15 is 0 Å². The average Bonchev–Trinajstić information content (AvgIpc) is 2.74. The van der Waals surface area contributed by atoms with E-state index < -0.39 is 11.2 Å². The minimum Gasteiger partial charge on any atom is -0.494 e. The van der Waals surface area contributed by atoms with E-state index in [0.717, 1.165) is 23.5 Å². The van der Waals surface area contributed by atoms with Gasteiger partial charge in [-0.1, -0.05) is 82.9 Å². The van der Waals surface area contributed by atoms with Crippen LogP contribution in [0.2, 0.25) is 0 Å². The minimum atomic E-state index is -0.561. The molecular formula is C24H36N2O4. The van der Waals surface area contributed by atoms with Gasteiger partial charge >= 0.3 is 5.69 Å². The van der Waals surface area contributed by atoms with Crippen molar-refractivity contribution in [3.63, 3.8) is 0 Å². The Morgan fingerprint density at radius 2 is 1.43 bits per heavy atom. The summed E-state index contributed by atoms with van der Waals surface area (Å²) in [6, 6.07) is 9.77. The molecule has 0 saturated carbocycles. The summed E-state index contributed by atoms with van der Waals surface area (Å²) in [5.41, 5.74) is -0.632. The smallest absolute Gasteiger partial charge is 0.338 e. The van der Waals surface area contributed by atoms with Crippen LogP contribution in [0, 0.1) is 0 Å². The predicted octanol–water partition coefficient (Wildman–Crippen LogP) is 4.64. The van der Waals surface area contributed by atoms with Crippen molar-refractivity contribution in [3.8, 4) is 11.6 Å². The van der Waals surface area contributed by atoms with Crippen molar-refractivity contribution in [1.29, 1.82) is 0 Å². The van der Waals surface area contributed by atoms with E-state index in [0.29, 0.717) is 18.9 Å². The Labute approximate surface area is 179 Å². The summed E-state index contributed by atoms with van der Waals surface area (Å²) in [7, 11) is 0. The van der Waals surface area contributed by atoms with Crippen molar-refractivity contribution in [2.75, 3.05) is 13.2 Å². The zero-order chi connectivity index (χ0) is 21.6. The fourth-order valence-electron chi connectivity index (χ4n) is 3.54. The van der Waals surface area contributed by atoms with Crippen LogP contribution >= 0.6 is 0 Å². The van der Waals surface area contributed by atoms with Crippen LogP contribution in [-0.2, 0) is 11.3 Å². The van der Waals surface area contributed by atoms with Crippen LogP contribution < -0.4 is 11.2 Å². The number of benzene rings is 1. The molecule has 1 heterocycles. The van der Waals surface area contributed by atoms with E-state index in [1.807, 2.05) is 6.07 Å². The molecule has 2 rings (SSSR count). The molecule has 0 radical (unpaired) electrons. The van der Waals surface area contributed by atoms with Gasteiger partial charge in [0, 0.05) is 6.61 Å². The Hall–Kier alpha value is -2.34. The number of rotatable bonds is 15. The fourth-order valence-corrected chi connectivity index (χ4v) is 3.54. The van der Waals surface area contributed by atoms with Crippen molar-refractivity contribution in [3.05, 3.63) is 57.2 Å². The quantitative estimate of drug-likeness (QED) is 0.429. The molecule has 166 valence electrons. The highest BCUT2D eigenvalue weighted by Crippen LogP contribution is 2.10. The molecule has 0 bridgehead atoms. The predicted molar refractivity (Wildman–Crippen MR) is 121 cm³/mol. The second-order valence-corrected chi connectivity index (χ2v) is 7.74. The summed E-state index contributed by atoms with van der Waals surface area (Å²) >= 11 is 0. The van der Waals surface area contributed by atoms with Crippen molar-refractivity contribution in [1.82, 2.24) is 9.13 Å². The molecular weight excluding hydrogens is 380 g/mol. The standard InChI is InChI=1S/C24H36N2O4/c1-2-3-4-5-6-7-8-9-10-14-18-30-19-17-25-22(27)20-23(28)26(24(25)29)21-15-12-11-13-16-21/h11-13,15-16,20,27H,2-10,14,17-19H2,1H3. The molecule has 0 aliphatic rings. The van der Waals surface area contributed by atoms with Crippen LogP contribution in [0.3, 0.4) is 0 Å². The van der Waals surface area contributed by atoms with Gasteiger partial charge in [0.1, 0.15) is 0 Å². The minimum absolute atomic E-state index is 0.204. The lowest BCUT2D eigenvalue weighted by molar-refractivity contribution is 0.119. The SMILES string of the molecule is CCCCCCCCCCCCOCCn1c(O)cc(=O)n(-c2ccccc2)c1=O. The summed E-state index contributed by atoms with van der Waals surface area (Å²) in [6.45, 7) is 3.41. The Balaban J connectivity index is 1.68. The molecule has 2 aromatic rings. The number of aromatic nitrogens is 2. The number of unbranched alkanes of at least 4 members (excludes halogenated alkanes) is 9. The largest absolute Gasteiger partial charge is 0.494 e. The number of hydrogen-bond donors (Lipinski definition) is 1. The molecule has 0 unspecified atom stereocenters. The van der Waals surface area contributed by atoms with Crippen LogP contribution in [0.4, 0.5) is 0 Å². The van der Waals surface area contributed by atoms with Gasteiger partial charge < -0.3 is 9.84 Å². The fraction of sp³-hybridized carbons (Fsp3) is 0.583. The van der Waals surface area contributed by atoms with Crippen LogP contribution in [0.25, 0.3) is 5.69 Å². The van der Waals surface area contributed by atoms with Gasteiger partial charge in [0.05, 0.1) is 24.9 Å². The van der Waals surface area contributed by atoms with Gasteiger partial charge in [0.2, 0.25) is 5.88 Å². The first kappa shape index (κ1) is 23.9. The lowest BCUT2D eigenvalue weighted by Gasteiger charge is -2.12. The molecule has 0 fully saturated rings. The molecule has 0 aliphatic heterocycles. The van der Waals surface area contributed by atoms with E-state index in [4.69, 9.17) is 4.74 Å². The molecule has 1 N–H and O–H groups in total. The molecule has 1 aromatic heterocycles. The van der Waals surface area contributed by atoms with Crippen LogP contribution in [0.5, 0.6) is 5.88 Å². The Morgan fingerprint density at radius 1 is 0.833 bits per heavy atom. The third-order valence-electron chi connectivity index (χ3n) is 5.29. The summed E-state index contributed by atoms with van der Waals surface area (Å²) in [5.74, 6) is -0.334. The zero-order valence-corrected chi connectivity index (χ0v) is 18.2. The number of nitrogens with zero attached hydrogens (tertiary/aromatic N) is 2. The van der Waals surface area contributed by atoms with E-state index in [-0.39, 0.29) is 12.4 Å². The van der Waals surface area contributed by atoms with Gasteiger partial charge in [-0.2, -0.15) is 0 Å². The topological polar surface area (TPSA) is 73.5 Å². The molecule has 30 heavy (non-hydrogen) atoms. The molecule has 6 heteroatoms. The zero-order valence-electron chi connectivity index (χ0n) is 18.2. The normalized spacial score (nSPS) is 11.1. The number of aromatic hydroxyl groups is 1. The first-order chi connectivity index (χ1) is 14.6. The summed E-state index contributed by atoms with van der Waals surface area (Å²) in [6.07, 6.45) is 12.7. The molecule has 0 spiro atoms. The van der Waals surface area contributed by atoms with Crippen molar-refractivity contribution >= 4 is 0 Å². The van der Waals surface area contributed by atoms with Gasteiger partial charge in [-0.25, -0.2) is 9.36 Å². The van der Waals surface area contributed by atoms with Crippen LogP contribution in [-0.4, -0.2) is 27.5 Å². The van der Waals surface area contributed by atoms with Gasteiger partial charge in [-0.3, -0.25) is 9.36 Å². The van der Waals surface area contributed by atoms with Gasteiger partial charge in [-0.15, -0.1) is 0 Å². The van der Waals surface area contributed by atoms with Gasteiger partial charge in [0.25, 0.3) is 5.56 Å². The summed E-state index contributed by atoms with van der Waals surface area (Å²) < 4.78 is 7.87. The molecule has 0 atom stereocenters. The maximum absolute atomic E-state index is 12.7. The Bertz CT molecular complexity index is 843. The first-order valence-electron chi connectivity index (χ1n) is 11.3. The third-order valence-corrected chi connectivity index (χ3v) is 5.29. The number of hydrogen-bond acceptors (Lipinski definition) is 4. The summed E-state index contributed by atoms with van der Waals surface area (Å²) in [5, 5.41) is 10.0. The molecule has 1 aromatic carbocycles. The maximum atomic E-state index is 12.7. The number of para-hydroxylation sites is 1.